The SMILES string of the molecule is COCCCn1c(SCC(=O)Nc2c(F)cccc2F)nnc1-c1ccccc1Cl. The summed E-state index contributed by atoms with van der Waals surface area (Å²) in [6.45, 7) is 1.09. The summed E-state index contributed by atoms with van der Waals surface area (Å²) in [5.74, 6) is -1.76. The van der Waals surface area contributed by atoms with Crippen molar-refractivity contribution in [2.75, 3.05) is 24.8 Å². The quantitative estimate of drug-likeness (QED) is 0.378. The highest BCUT2D eigenvalue weighted by Crippen LogP contribution is 2.29. The number of benzene rings is 2. The standard InChI is InChI=1S/C20H19ClF2N4O2S/c1-29-11-5-10-27-19(13-6-2-3-7-14(13)21)25-26-20(27)30-12-17(28)24-18-15(22)8-4-9-16(18)23/h2-4,6-9H,5,10-12H2,1H3,(H,24,28). The zero-order valence-electron chi connectivity index (χ0n) is 16.1. The second-order valence-corrected chi connectivity index (χ2v) is 7.57. The largest absolute Gasteiger partial charge is 0.385 e. The van der Waals surface area contributed by atoms with Gasteiger partial charge in [0.15, 0.2) is 11.0 Å². The summed E-state index contributed by atoms with van der Waals surface area (Å²) in [5.41, 5.74) is 0.246. The third-order valence-corrected chi connectivity index (χ3v) is 5.42. The number of anilines is 1. The van der Waals surface area contributed by atoms with Crippen LogP contribution >= 0.6 is 23.4 Å². The molecule has 10 heteroatoms. The molecule has 2 aromatic carbocycles. The van der Waals surface area contributed by atoms with Gasteiger partial charge in [-0.15, -0.1) is 10.2 Å². The van der Waals surface area contributed by atoms with Crippen molar-refractivity contribution < 1.29 is 18.3 Å². The molecule has 158 valence electrons. The number of para-hydroxylation sites is 1. The molecule has 0 unspecified atom stereocenters. The van der Waals surface area contributed by atoms with E-state index in [1.807, 2.05) is 22.8 Å². The molecule has 1 amide bonds. The van der Waals surface area contributed by atoms with Gasteiger partial charge in [0.25, 0.3) is 0 Å². The van der Waals surface area contributed by atoms with Gasteiger partial charge in [-0.2, -0.15) is 0 Å². The Kier molecular flexibility index (Phi) is 7.78. The minimum absolute atomic E-state index is 0.0985. The van der Waals surface area contributed by atoms with Gasteiger partial charge in [0.05, 0.1) is 10.8 Å². The Bertz CT molecular complexity index is 1010. The average molecular weight is 453 g/mol. The summed E-state index contributed by atoms with van der Waals surface area (Å²) >= 11 is 7.42. The van der Waals surface area contributed by atoms with E-state index in [2.05, 4.69) is 15.5 Å². The van der Waals surface area contributed by atoms with Crippen molar-refractivity contribution in [1.82, 2.24) is 14.8 Å². The number of hydrogen-bond donors (Lipinski definition) is 1. The third kappa shape index (κ3) is 5.35. The minimum atomic E-state index is -0.836. The fourth-order valence-electron chi connectivity index (χ4n) is 2.73. The fourth-order valence-corrected chi connectivity index (χ4v) is 3.71. The molecule has 0 bridgehead atoms. The number of hydrogen-bond acceptors (Lipinski definition) is 5. The van der Waals surface area contributed by atoms with E-state index in [1.54, 1.807) is 13.2 Å². The number of amides is 1. The monoisotopic (exact) mass is 452 g/mol. The van der Waals surface area contributed by atoms with Crippen LogP contribution in [-0.4, -0.2) is 40.1 Å². The lowest BCUT2D eigenvalue weighted by Crippen LogP contribution is -2.17. The number of aromatic nitrogens is 3. The van der Waals surface area contributed by atoms with E-state index in [1.165, 1.54) is 6.07 Å². The van der Waals surface area contributed by atoms with E-state index in [0.717, 1.165) is 23.9 Å². The third-order valence-electron chi connectivity index (χ3n) is 4.12. The molecule has 1 N–H and O–H groups in total. The van der Waals surface area contributed by atoms with Crippen LogP contribution in [0.5, 0.6) is 0 Å². The maximum absolute atomic E-state index is 13.7. The van der Waals surface area contributed by atoms with E-state index in [9.17, 15) is 13.6 Å². The summed E-state index contributed by atoms with van der Waals surface area (Å²) in [5, 5.41) is 11.7. The van der Waals surface area contributed by atoms with Crippen LogP contribution in [0.4, 0.5) is 14.5 Å². The molecule has 1 heterocycles. The zero-order valence-corrected chi connectivity index (χ0v) is 17.6. The first-order chi connectivity index (χ1) is 14.5. The van der Waals surface area contributed by atoms with Gasteiger partial charge in [-0.05, 0) is 30.7 Å². The average Bonchev–Trinajstić information content (AvgIpc) is 3.12. The minimum Gasteiger partial charge on any atom is -0.385 e. The van der Waals surface area contributed by atoms with Gasteiger partial charge in [0, 0.05) is 25.8 Å². The molecule has 0 saturated carbocycles. The van der Waals surface area contributed by atoms with Crippen LogP contribution in [0.3, 0.4) is 0 Å². The van der Waals surface area contributed by atoms with Crippen molar-refractivity contribution >= 4 is 35.0 Å². The number of nitrogens with zero attached hydrogens (tertiary/aromatic N) is 3. The number of carbonyl (C=O) groups is 1. The van der Waals surface area contributed by atoms with Crippen molar-refractivity contribution in [2.24, 2.45) is 0 Å². The Labute approximate surface area is 181 Å². The number of halogens is 3. The smallest absolute Gasteiger partial charge is 0.235 e. The van der Waals surface area contributed by atoms with Gasteiger partial charge < -0.3 is 14.6 Å². The highest BCUT2D eigenvalue weighted by atomic mass is 35.5. The van der Waals surface area contributed by atoms with Gasteiger partial charge in [-0.3, -0.25) is 4.79 Å². The van der Waals surface area contributed by atoms with Crippen LogP contribution in [0.2, 0.25) is 5.02 Å². The highest BCUT2D eigenvalue weighted by molar-refractivity contribution is 7.99. The van der Waals surface area contributed by atoms with Crippen LogP contribution in [0, 0.1) is 11.6 Å². The normalized spacial score (nSPS) is 10.9. The van der Waals surface area contributed by atoms with E-state index in [0.29, 0.717) is 41.1 Å². The Morgan fingerprint density at radius 2 is 1.90 bits per heavy atom. The maximum atomic E-state index is 13.7. The van der Waals surface area contributed by atoms with Crippen LogP contribution in [0.15, 0.2) is 47.6 Å². The molecule has 30 heavy (non-hydrogen) atoms. The van der Waals surface area contributed by atoms with Crippen molar-refractivity contribution in [3.05, 3.63) is 59.1 Å². The van der Waals surface area contributed by atoms with Crippen LogP contribution in [-0.2, 0) is 16.1 Å². The Morgan fingerprint density at radius 1 is 1.17 bits per heavy atom. The molecule has 0 aliphatic rings. The number of carbonyl (C=O) groups excluding carboxylic acids is 1. The lowest BCUT2D eigenvalue weighted by Gasteiger charge is -2.11. The van der Waals surface area contributed by atoms with Gasteiger partial charge in [0.1, 0.15) is 17.3 Å². The van der Waals surface area contributed by atoms with Gasteiger partial charge in [-0.25, -0.2) is 8.78 Å². The van der Waals surface area contributed by atoms with Crippen LogP contribution < -0.4 is 5.32 Å². The summed E-state index contributed by atoms with van der Waals surface area (Å²) < 4.78 is 34.4. The highest BCUT2D eigenvalue weighted by Gasteiger charge is 2.18. The summed E-state index contributed by atoms with van der Waals surface area (Å²) in [7, 11) is 1.61. The van der Waals surface area contributed by atoms with Crippen LogP contribution in [0.25, 0.3) is 11.4 Å². The molecule has 0 aliphatic heterocycles. The van der Waals surface area contributed by atoms with E-state index in [-0.39, 0.29) is 5.75 Å². The van der Waals surface area contributed by atoms with E-state index >= 15 is 0 Å². The molecule has 0 aliphatic carbocycles. The molecule has 0 radical (unpaired) electrons. The molecule has 0 atom stereocenters. The van der Waals surface area contributed by atoms with E-state index in [4.69, 9.17) is 16.3 Å². The Balaban J connectivity index is 1.76. The first-order valence-electron chi connectivity index (χ1n) is 9.05. The molecular weight excluding hydrogens is 434 g/mol. The molecule has 0 spiro atoms. The van der Waals surface area contributed by atoms with Crippen molar-refractivity contribution in [1.29, 1.82) is 0 Å². The molecule has 3 aromatic rings. The first kappa shape index (κ1) is 22.2. The van der Waals surface area contributed by atoms with Crippen molar-refractivity contribution in [3.63, 3.8) is 0 Å². The molecule has 0 fully saturated rings. The molecule has 3 rings (SSSR count). The lowest BCUT2D eigenvalue weighted by atomic mass is 10.2. The van der Waals surface area contributed by atoms with E-state index < -0.39 is 23.2 Å². The lowest BCUT2D eigenvalue weighted by molar-refractivity contribution is -0.113. The van der Waals surface area contributed by atoms with Crippen LogP contribution in [0.1, 0.15) is 6.42 Å². The zero-order chi connectivity index (χ0) is 21.5. The van der Waals surface area contributed by atoms with Gasteiger partial charge in [0.2, 0.25) is 5.91 Å². The molecule has 6 nitrogen and oxygen atoms in total. The number of ether oxygens (including phenoxy) is 1. The second-order valence-electron chi connectivity index (χ2n) is 6.22. The molecule has 0 saturated heterocycles. The summed E-state index contributed by atoms with van der Waals surface area (Å²) in [4.78, 5) is 12.2. The number of methoxy groups -OCH3 is 1. The topological polar surface area (TPSA) is 69.0 Å². The second kappa shape index (κ2) is 10.5. The number of rotatable bonds is 9. The predicted octanol–water partition coefficient (Wildman–Crippen LogP) is 4.64. The Morgan fingerprint density at radius 3 is 2.60 bits per heavy atom. The first-order valence-corrected chi connectivity index (χ1v) is 10.4. The molecule has 1 aromatic heterocycles. The molecular formula is C20H19ClF2N4O2S. The summed E-state index contributed by atoms with van der Waals surface area (Å²) in [6, 6.07) is 10.6. The van der Waals surface area contributed by atoms with Crippen molar-refractivity contribution in [2.45, 2.75) is 18.1 Å². The number of nitrogens with one attached hydrogen (secondary N) is 1. The Hall–Kier alpha value is -2.49. The fraction of sp³-hybridized carbons (Fsp3) is 0.250. The van der Waals surface area contributed by atoms with Gasteiger partial charge in [-0.1, -0.05) is 41.6 Å². The van der Waals surface area contributed by atoms with Gasteiger partial charge >= 0.3 is 0 Å². The predicted molar refractivity (Wildman–Crippen MR) is 113 cm³/mol. The number of thioether (sulfide) groups is 1. The van der Waals surface area contributed by atoms with Crippen molar-refractivity contribution in [3.8, 4) is 11.4 Å². The summed E-state index contributed by atoms with van der Waals surface area (Å²) in [6.07, 6.45) is 0.701. The maximum Gasteiger partial charge on any atom is 0.235 e.